The largest absolute Gasteiger partial charge is 0.396 e. The van der Waals surface area contributed by atoms with Gasteiger partial charge in [-0.1, -0.05) is 19.1 Å². The predicted molar refractivity (Wildman–Crippen MR) is 70.3 cm³/mol. The Bertz CT molecular complexity index is 580. The van der Waals surface area contributed by atoms with Crippen LogP contribution in [0, 0.1) is 5.92 Å². The molecule has 0 fully saturated rings. The quantitative estimate of drug-likeness (QED) is 0.724. The Balaban J connectivity index is 2.12. The summed E-state index contributed by atoms with van der Waals surface area (Å²) >= 11 is 0. The summed E-state index contributed by atoms with van der Waals surface area (Å²) in [7, 11) is 0. The van der Waals surface area contributed by atoms with Crippen LogP contribution in [0.25, 0.3) is 10.9 Å². The van der Waals surface area contributed by atoms with Crippen molar-refractivity contribution in [2.45, 2.75) is 13.5 Å². The molecule has 5 heteroatoms. The van der Waals surface area contributed by atoms with E-state index in [1.807, 2.05) is 25.1 Å². The van der Waals surface area contributed by atoms with E-state index in [1.165, 1.54) is 0 Å². The van der Waals surface area contributed by atoms with Gasteiger partial charge in [0.25, 0.3) is 5.56 Å². The summed E-state index contributed by atoms with van der Waals surface area (Å²) in [5, 5.41) is 12.7. The summed E-state index contributed by atoms with van der Waals surface area (Å²) in [4.78, 5) is 18.9. The van der Waals surface area contributed by atoms with Crippen LogP contribution in [0.5, 0.6) is 0 Å². The molecule has 0 aliphatic rings. The Labute approximate surface area is 105 Å². The van der Waals surface area contributed by atoms with Gasteiger partial charge in [0.2, 0.25) is 0 Å². The van der Waals surface area contributed by atoms with Crippen LogP contribution in [-0.2, 0) is 6.54 Å². The van der Waals surface area contributed by atoms with E-state index in [0.29, 0.717) is 29.8 Å². The summed E-state index contributed by atoms with van der Waals surface area (Å²) in [6.45, 7) is 3.27. The zero-order valence-corrected chi connectivity index (χ0v) is 10.3. The van der Waals surface area contributed by atoms with Crippen molar-refractivity contribution >= 4 is 10.9 Å². The van der Waals surface area contributed by atoms with Gasteiger partial charge in [-0.2, -0.15) is 0 Å². The van der Waals surface area contributed by atoms with Gasteiger partial charge >= 0.3 is 0 Å². The van der Waals surface area contributed by atoms with E-state index in [-0.39, 0.29) is 18.1 Å². The van der Waals surface area contributed by atoms with Crippen LogP contribution in [0.15, 0.2) is 29.1 Å². The molecule has 0 aliphatic carbocycles. The second-order valence-corrected chi connectivity index (χ2v) is 4.45. The van der Waals surface area contributed by atoms with Gasteiger partial charge in [-0.15, -0.1) is 0 Å². The second kappa shape index (κ2) is 5.75. The number of benzene rings is 1. The minimum absolute atomic E-state index is 0.118. The average molecular weight is 247 g/mol. The van der Waals surface area contributed by atoms with Crippen molar-refractivity contribution in [3.8, 4) is 0 Å². The predicted octanol–water partition coefficient (Wildman–Crippen LogP) is 0.641. The monoisotopic (exact) mass is 247 g/mol. The van der Waals surface area contributed by atoms with Gasteiger partial charge in [-0.25, -0.2) is 4.98 Å². The number of rotatable bonds is 5. The van der Waals surface area contributed by atoms with E-state index in [1.54, 1.807) is 6.07 Å². The summed E-state index contributed by atoms with van der Waals surface area (Å²) < 4.78 is 0. The molecule has 2 rings (SSSR count). The Kier molecular flexibility index (Phi) is 4.07. The normalized spacial score (nSPS) is 12.8. The molecular formula is C13H17N3O2. The van der Waals surface area contributed by atoms with Crippen molar-refractivity contribution < 1.29 is 5.11 Å². The Morgan fingerprint density at radius 1 is 1.44 bits per heavy atom. The van der Waals surface area contributed by atoms with Crippen molar-refractivity contribution in [2.24, 2.45) is 5.92 Å². The lowest BCUT2D eigenvalue weighted by Crippen LogP contribution is -2.25. The third-order valence-corrected chi connectivity index (χ3v) is 2.76. The lowest BCUT2D eigenvalue weighted by atomic mass is 10.2. The number of aliphatic hydroxyl groups is 1. The van der Waals surface area contributed by atoms with Gasteiger partial charge in [-0.05, 0) is 18.1 Å². The molecule has 1 unspecified atom stereocenters. The second-order valence-electron chi connectivity index (χ2n) is 4.45. The van der Waals surface area contributed by atoms with Gasteiger partial charge in [-0.3, -0.25) is 4.79 Å². The van der Waals surface area contributed by atoms with Crippen LogP contribution < -0.4 is 10.9 Å². The first-order valence-corrected chi connectivity index (χ1v) is 6.00. The van der Waals surface area contributed by atoms with Crippen molar-refractivity contribution in [1.82, 2.24) is 15.3 Å². The summed E-state index contributed by atoms with van der Waals surface area (Å²) in [6.07, 6.45) is 0. The SMILES string of the molecule is CC(CO)CNCc1nc2ccccc2c(=O)[nH]1. The van der Waals surface area contributed by atoms with E-state index >= 15 is 0 Å². The summed E-state index contributed by atoms with van der Waals surface area (Å²) in [6, 6.07) is 7.26. The van der Waals surface area contributed by atoms with Gasteiger partial charge in [0, 0.05) is 13.2 Å². The number of para-hydroxylation sites is 1. The van der Waals surface area contributed by atoms with Gasteiger partial charge in [0.15, 0.2) is 0 Å². The molecule has 0 bridgehead atoms. The van der Waals surface area contributed by atoms with Gasteiger partial charge in [0.05, 0.1) is 17.4 Å². The number of aliphatic hydroxyl groups excluding tert-OH is 1. The van der Waals surface area contributed by atoms with Crippen LogP contribution in [0.1, 0.15) is 12.7 Å². The molecule has 18 heavy (non-hydrogen) atoms. The molecular weight excluding hydrogens is 230 g/mol. The molecule has 1 aromatic heterocycles. The Hall–Kier alpha value is -1.72. The lowest BCUT2D eigenvalue weighted by molar-refractivity contribution is 0.233. The fourth-order valence-corrected chi connectivity index (χ4v) is 1.72. The molecule has 5 nitrogen and oxygen atoms in total. The fourth-order valence-electron chi connectivity index (χ4n) is 1.72. The topological polar surface area (TPSA) is 78.0 Å². The van der Waals surface area contributed by atoms with E-state index < -0.39 is 0 Å². The zero-order valence-electron chi connectivity index (χ0n) is 10.3. The van der Waals surface area contributed by atoms with Crippen LogP contribution in [0.3, 0.4) is 0 Å². The molecule has 2 aromatic rings. The first kappa shape index (κ1) is 12.7. The number of aromatic nitrogens is 2. The molecule has 0 spiro atoms. The smallest absolute Gasteiger partial charge is 0.258 e. The van der Waals surface area contributed by atoms with Crippen LogP contribution in [0.2, 0.25) is 0 Å². The summed E-state index contributed by atoms with van der Waals surface area (Å²) in [5.41, 5.74) is 0.584. The molecule has 1 atom stereocenters. The molecule has 1 heterocycles. The maximum absolute atomic E-state index is 11.8. The molecule has 0 amide bonds. The minimum Gasteiger partial charge on any atom is -0.396 e. The highest BCUT2D eigenvalue weighted by atomic mass is 16.3. The first-order chi connectivity index (χ1) is 8.70. The maximum Gasteiger partial charge on any atom is 0.258 e. The van der Waals surface area contributed by atoms with Crippen LogP contribution in [-0.4, -0.2) is 28.2 Å². The Morgan fingerprint density at radius 3 is 3.00 bits per heavy atom. The third-order valence-electron chi connectivity index (χ3n) is 2.76. The summed E-state index contributed by atoms with van der Waals surface area (Å²) in [5.74, 6) is 0.806. The number of aromatic amines is 1. The molecule has 0 saturated heterocycles. The van der Waals surface area contributed by atoms with E-state index in [0.717, 1.165) is 0 Å². The fraction of sp³-hybridized carbons (Fsp3) is 0.385. The maximum atomic E-state index is 11.8. The van der Waals surface area contributed by atoms with Gasteiger partial charge in [0.1, 0.15) is 5.82 Å². The molecule has 96 valence electrons. The van der Waals surface area contributed by atoms with Crippen LogP contribution in [0.4, 0.5) is 0 Å². The van der Waals surface area contributed by atoms with Crippen molar-refractivity contribution in [2.75, 3.05) is 13.2 Å². The minimum atomic E-state index is -0.118. The molecule has 1 aromatic carbocycles. The van der Waals surface area contributed by atoms with Crippen LogP contribution >= 0.6 is 0 Å². The van der Waals surface area contributed by atoms with E-state index in [4.69, 9.17) is 5.11 Å². The van der Waals surface area contributed by atoms with E-state index in [9.17, 15) is 4.79 Å². The molecule has 0 aliphatic heterocycles. The molecule has 0 radical (unpaired) electrons. The number of nitrogens with zero attached hydrogens (tertiary/aromatic N) is 1. The number of nitrogens with one attached hydrogen (secondary N) is 2. The lowest BCUT2D eigenvalue weighted by Gasteiger charge is -2.09. The highest BCUT2D eigenvalue weighted by Gasteiger charge is 2.04. The van der Waals surface area contributed by atoms with Crippen molar-refractivity contribution in [1.29, 1.82) is 0 Å². The number of hydrogen-bond acceptors (Lipinski definition) is 4. The third kappa shape index (κ3) is 2.94. The van der Waals surface area contributed by atoms with Crippen molar-refractivity contribution in [3.63, 3.8) is 0 Å². The number of H-pyrrole nitrogens is 1. The van der Waals surface area contributed by atoms with E-state index in [2.05, 4.69) is 15.3 Å². The number of fused-ring (bicyclic) bond motifs is 1. The van der Waals surface area contributed by atoms with Crippen molar-refractivity contribution in [3.05, 3.63) is 40.4 Å². The highest BCUT2D eigenvalue weighted by molar-refractivity contribution is 5.77. The zero-order chi connectivity index (χ0) is 13.0. The molecule has 3 N–H and O–H groups in total. The highest BCUT2D eigenvalue weighted by Crippen LogP contribution is 2.05. The van der Waals surface area contributed by atoms with Gasteiger partial charge < -0.3 is 15.4 Å². The standard InChI is InChI=1S/C13H17N3O2/c1-9(8-17)6-14-7-12-15-11-5-3-2-4-10(11)13(18)16-12/h2-5,9,14,17H,6-8H2,1H3,(H,15,16,18). The average Bonchev–Trinajstić information content (AvgIpc) is 2.38. The first-order valence-electron chi connectivity index (χ1n) is 6.00. The number of hydrogen-bond donors (Lipinski definition) is 3. The molecule has 0 saturated carbocycles. The Morgan fingerprint density at radius 2 is 2.22 bits per heavy atom.